The van der Waals surface area contributed by atoms with Gasteiger partial charge in [0.05, 0.1) is 18.6 Å². The number of thioether (sulfide) groups is 1. The molecule has 1 aromatic carbocycles. The molecule has 0 unspecified atom stereocenters. The average molecular weight is 378 g/mol. The highest BCUT2D eigenvalue weighted by Crippen LogP contribution is 2.39. The van der Waals surface area contributed by atoms with Crippen LogP contribution in [0.15, 0.2) is 24.3 Å². The Labute approximate surface area is 159 Å². The molecule has 0 aromatic heterocycles. The Balaban J connectivity index is 1.32. The number of carbonyl (C=O) groups excluding carboxylic acids is 1. The predicted molar refractivity (Wildman–Crippen MR) is 103 cm³/mol. The van der Waals surface area contributed by atoms with E-state index in [1.807, 2.05) is 43.0 Å². The number of rotatable bonds is 4. The quantitative estimate of drug-likeness (QED) is 0.864. The number of hydrogen-bond acceptors (Lipinski definition) is 5. The van der Waals surface area contributed by atoms with Crippen LogP contribution in [0.2, 0.25) is 0 Å². The van der Waals surface area contributed by atoms with Crippen molar-refractivity contribution >= 4 is 23.4 Å². The van der Waals surface area contributed by atoms with Crippen LogP contribution in [0.3, 0.4) is 0 Å². The molecular formula is C20H27NO4S. The first-order valence-electron chi connectivity index (χ1n) is 9.51. The molecule has 3 fully saturated rings. The third kappa shape index (κ3) is 3.87. The zero-order chi connectivity index (χ0) is 18.0. The maximum atomic E-state index is 12.8. The molecule has 0 atom stereocenters. The number of carbonyl (C=O) groups is 1. The van der Waals surface area contributed by atoms with Crippen molar-refractivity contribution in [3.8, 4) is 5.75 Å². The van der Waals surface area contributed by atoms with Crippen LogP contribution in [0, 0.1) is 5.41 Å². The minimum Gasteiger partial charge on any atom is -0.489 e. The molecule has 1 spiro atoms. The Kier molecular flexibility index (Phi) is 5.17. The lowest BCUT2D eigenvalue weighted by Gasteiger charge is -2.45. The van der Waals surface area contributed by atoms with Crippen LogP contribution < -0.4 is 10.1 Å². The maximum Gasteiger partial charge on any atom is 0.234 e. The molecule has 26 heavy (non-hydrogen) atoms. The molecular weight excluding hydrogens is 350 g/mol. The van der Waals surface area contributed by atoms with Gasteiger partial charge in [0.1, 0.15) is 11.9 Å². The van der Waals surface area contributed by atoms with Gasteiger partial charge in [-0.15, -0.1) is 0 Å². The lowest BCUT2D eigenvalue weighted by molar-refractivity contribution is -0.306. The lowest BCUT2D eigenvalue weighted by atomic mass is 9.87. The molecule has 142 valence electrons. The van der Waals surface area contributed by atoms with E-state index in [-0.39, 0.29) is 5.91 Å². The van der Waals surface area contributed by atoms with E-state index in [4.69, 9.17) is 14.2 Å². The van der Waals surface area contributed by atoms with E-state index in [0.717, 1.165) is 48.6 Å². The first kappa shape index (κ1) is 18.1. The molecule has 6 heteroatoms. The first-order chi connectivity index (χ1) is 12.6. The van der Waals surface area contributed by atoms with Gasteiger partial charge in [0, 0.05) is 30.0 Å². The molecule has 3 aliphatic rings. The highest BCUT2D eigenvalue weighted by molar-refractivity contribution is 8.00. The summed E-state index contributed by atoms with van der Waals surface area (Å²) in [4.78, 5) is 12.8. The summed E-state index contributed by atoms with van der Waals surface area (Å²) in [6.45, 7) is 2.71. The summed E-state index contributed by atoms with van der Waals surface area (Å²) in [5, 5.41) is 2.99. The molecule has 0 radical (unpaired) electrons. The zero-order valence-electron chi connectivity index (χ0n) is 15.3. The normalized spacial score (nSPS) is 24.7. The monoisotopic (exact) mass is 377 g/mol. The number of anilines is 1. The summed E-state index contributed by atoms with van der Waals surface area (Å²) in [5.41, 5.74) is 0.102. The second-order valence-electron chi connectivity index (χ2n) is 7.87. The molecule has 2 heterocycles. The topological polar surface area (TPSA) is 56.8 Å². The van der Waals surface area contributed by atoms with Crippen LogP contribution in [0.25, 0.3) is 0 Å². The van der Waals surface area contributed by atoms with Gasteiger partial charge in [-0.05, 0) is 44.0 Å². The molecule has 2 saturated heterocycles. The Morgan fingerprint density at radius 3 is 2.35 bits per heavy atom. The van der Waals surface area contributed by atoms with E-state index < -0.39 is 11.2 Å². The van der Waals surface area contributed by atoms with Crippen LogP contribution in [0.4, 0.5) is 5.69 Å². The van der Waals surface area contributed by atoms with Crippen LogP contribution in [0.5, 0.6) is 5.75 Å². The average Bonchev–Trinajstić information content (AvgIpc) is 2.63. The summed E-state index contributed by atoms with van der Waals surface area (Å²) in [6, 6.07) is 7.59. The van der Waals surface area contributed by atoms with Gasteiger partial charge in [-0.25, -0.2) is 0 Å². The van der Waals surface area contributed by atoms with Crippen molar-refractivity contribution in [3.63, 3.8) is 0 Å². The van der Waals surface area contributed by atoms with Gasteiger partial charge in [-0.2, -0.15) is 11.8 Å². The highest BCUT2D eigenvalue weighted by atomic mass is 32.2. The molecule has 4 rings (SSSR count). The van der Waals surface area contributed by atoms with Crippen LogP contribution >= 0.6 is 11.8 Å². The molecule has 1 N–H and O–H groups in total. The summed E-state index contributed by atoms with van der Waals surface area (Å²) in [7, 11) is 0. The van der Waals surface area contributed by atoms with Gasteiger partial charge in [-0.1, -0.05) is 6.42 Å². The van der Waals surface area contributed by atoms with Gasteiger partial charge >= 0.3 is 0 Å². The Morgan fingerprint density at radius 1 is 1.12 bits per heavy atom. The van der Waals surface area contributed by atoms with Crippen molar-refractivity contribution in [1.29, 1.82) is 0 Å². The van der Waals surface area contributed by atoms with Crippen molar-refractivity contribution in [3.05, 3.63) is 24.3 Å². The largest absolute Gasteiger partial charge is 0.489 e. The molecule has 1 amide bonds. The van der Waals surface area contributed by atoms with Crippen molar-refractivity contribution < 1.29 is 19.0 Å². The van der Waals surface area contributed by atoms with E-state index in [1.165, 1.54) is 6.42 Å². The molecule has 1 aromatic rings. The standard InChI is InChI=1S/C20H27NO4S/c1-19(13-23-20(24-14-19)9-3-2-4-10-20)18(22)21-15-5-7-16(8-6-15)25-17-11-26-12-17/h5-8,17H,2-4,9-14H2,1H3,(H,21,22). The molecule has 5 nitrogen and oxygen atoms in total. The molecule has 1 aliphatic carbocycles. The van der Waals surface area contributed by atoms with Gasteiger partial charge in [0.15, 0.2) is 5.79 Å². The Hall–Kier alpha value is -1.24. The van der Waals surface area contributed by atoms with Crippen molar-refractivity contribution in [2.24, 2.45) is 5.41 Å². The Bertz CT molecular complexity index is 628. The summed E-state index contributed by atoms with van der Waals surface area (Å²) in [6.07, 6.45) is 5.71. The zero-order valence-corrected chi connectivity index (χ0v) is 16.1. The van der Waals surface area contributed by atoms with Gasteiger partial charge < -0.3 is 19.5 Å². The highest BCUT2D eigenvalue weighted by Gasteiger charge is 2.46. The molecule has 1 saturated carbocycles. The first-order valence-corrected chi connectivity index (χ1v) is 10.7. The number of nitrogens with one attached hydrogen (secondary N) is 1. The number of ether oxygens (including phenoxy) is 3. The number of hydrogen-bond donors (Lipinski definition) is 1. The fraction of sp³-hybridized carbons (Fsp3) is 0.650. The lowest BCUT2D eigenvalue weighted by Crippen LogP contribution is -2.53. The fourth-order valence-corrected chi connectivity index (χ4v) is 4.11. The van der Waals surface area contributed by atoms with Gasteiger partial charge in [0.2, 0.25) is 5.91 Å². The SMILES string of the molecule is CC1(C(=O)Nc2ccc(OC3CSC3)cc2)COC2(CCCCC2)OC1. The number of benzene rings is 1. The maximum absolute atomic E-state index is 12.8. The predicted octanol–water partition coefficient (Wildman–Crippen LogP) is 3.83. The van der Waals surface area contributed by atoms with E-state index >= 15 is 0 Å². The number of amides is 1. The minimum atomic E-state index is -0.666. The third-order valence-electron chi connectivity index (χ3n) is 5.49. The summed E-state index contributed by atoms with van der Waals surface area (Å²) < 4.78 is 18.0. The second kappa shape index (κ2) is 7.41. The molecule has 2 aliphatic heterocycles. The Morgan fingerprint density at radius 2 is 1.77 bits per heavy atom. The van der Waals surface area contributed by atoms with Crippen molar-refractivity contribution in [2.45, 2.75) is 50.9 Å². The summed E-state index contributed by atoms with van der Waals surface area (Å²) in [5.74, 6) is 2.45. The van der Waals surface area contributed by atoms with Crippen molar-refractivity contribution in [1.82, 2.24) is 0 Å². The van der Waals surface area contributed by atoms with Crippen LogP contribution in [0.1, 0.15) is 39.0 Å². The fourth-order valence-electron chi connectivity index (χ4n) is 3.55. The van der Waals surface area contributed by atoms with Gasteiger partial charge in [-0.3, -0.25) is 4.79 Å². The van der Waals surface area contributed by atoms with E-state index in [9.17, 15) is 4.79 Å². The van der Waals surface area contributed by atoms with Gasteiger partial charge in [0.25, 0.3) is 0 Å². The van der Waals surface area contributed by atoms with Crippen LogP contribution in [-0.4, -0.2) is 42.5 Å². The summed E-state index contributed by atoms with van der Waals surface area (Å²) >= 11 is 1.89. The second-order valence-corrected chi connectivity index (χ2v) is 8.94. The van der Waals surface area contributed by atoms with E-state index in [0.29, 0.717) is 19.3 Å². The third-order valence-corrected chi connectivity index (χ3v) is 6.71. The smallest absolute Gasteiger partial charge is 0.234 e. The van der Waals surface area contributed by atoms with E-state index in [1.54, 1.807) is 0 Å². The van der Waals surface area contributed by atoms with Crippen molar-refractivity contribution in [2.75, 3.05) is 30.0 Å². The van der Waals surface area contributed by atoms with Crippen LogP contribution in [-0.2, 0) is 14.3 Å². The molecule has 0 bridgehead atoms. The minimum absolute atomic E-state index is 0.0628. The van der Waals surface area contributed by atoms with E-state index in [2.05, 4.69) is 5.32 Å².